The van der Waals surface area contributed by atoms with E-state index in [0.29, 0.717) is 19.6 Å². The molecule has 3 amide bonds. The molecule has 7 nitrogen and oxygen atoms in total. The van der Waals surface area contributed by atoms with Crippen LogP contribution in [0.15, 0.2) is 18.2 Å². The molecule has 1 unspecified atom stereocenters. The number of nitrogens with zero attached hydrogens (tertiary/aromatic N) is 2. The van der Waals surface area contributed by atoms with Gasteiger partial charge in [0.2, 0.25) is 11.8 Å². The van der Waals surface area contributed by atoms with Crippen LogP contribution in [-0.2, 0) is 20.9 Å². The molecule has 0 radical (unpaired) electrons. The smallest absolute Gasteiger partial charge is 0.407 e. The van der Waals surface area contributed by atoms with Crippen molar-refractivity contribution >= 4 is 17.9 Å². The fraction of sp³-hybridized carbons (Fsp3) is 0.500. The molecule has 1 aromatic carbocycles. The molecular formula is C18H25N3O4. The van der Waals surface area contributed by atoms with Crippen molar-refractivity contribution in [2.45, 2.75) is 33.4 Å². The zero-order valence-corrected chi connectivity index (χ0v) is 15.2. The maximum absolute atomic E-state index is 12.4. The Morgan fingerprint density at radius 1 is 1.20 bits per heavy atom. The van der Waals surface area contributed by atoms with E-state index in [1.807, 2.05) is 13.8 Å². The third-order valence-electron chi connectivity index (χ3n) is 4.18. The van der Waals surface area contributed by atoms with E-state index in [4.69, 9.17) is 0 Å². The molecule has 2 rings (SSSR count). The summed E-state index contributed by atoms with van der Waals surface area (Å²) < 4.78 is 4.49. The van der Waals surface area contributed by atoms with Crippen LogP contribution in [0.4, 0.5) is 4.79 Å². The summed E-state index contributed by atoms with van der Waals surface area (Å²) in [6.45, 7) is 7.13. The van der Waals surface area contributed by atoms with E-state index in [9.17, 15) is 14.4 Å². The van der Waals surface area contributed by atoms with Crippen molar-refractivity contribution in [1.82, 2.24) is 15.1 Å². The molecule has 0 aliphatic carbocycles. The summed E-state index contributed by atoms with van der Waals surface area (Å²) in [4.78, 5) is 39.2. The van der Waals surface area contributed by atoms with Gasteiger partial charge in [-0.15, -0.1) is 0 Å². The Kier molecular flexibility index (Phi) is 6.01. The molecule has 0 aromatic heterocycles. The van der Waals surface area contributed by atoms with Crippen molar-refractivity contribution in [2.75, 3.05) is 26.7 Å². The summed E-state index contributed by atoms with van der Waals surface area (Å²) in [6, 6.07) is 5.50. The second kappa shape index (κ2) is 8.00. The van der Waals surface area contributed by atoms with Crippen LogP contribution < -0.4 is 5.32 Å². The van der Waals surface area contributed by atoms with Crippen LogP contribution in [0.25, 0.3) is 0 Å². The highest BCUT2D eigenvalue weighted by molar-refractivity contribution is 5.90. The van der Waals surface area contributed by atoms with Gasteiger partial charge in [0, 0.05) is 19.6 Å². The Bertz CT molecular complexity index is 654. The fourth-order valence-electron chi connectivity index (χ4n) is 3.02. The predicted molar refractivity (Wildman–Crippen MR) is 92.9 cm³/mol. The van der Waals surface area contributed by atoms with E-state index in [-0.39, 0.29) is 18.4 Å². The van der Waals surface area contributed by atoms with Gasteiger partial charge in [0.1, 0.15) is 6.04 Å². The Labute approximate surface area is 147 Å². The van der Waals surface area contributed by atoms with Crippen LogP contribution in [0.5, 0.6) is 0 Å². The lowest BCUT2D eigenvalue weighted by molar-refractivity contribution is -0.146. The van der Waals surface area contributed by atoms with Gasteiger partial charge in [-0.25, -0.2) is 4.79 Å². The number of carbonyl (C=O) groups excluding carboxylic acids is 3. The summed E-state index contributed by atoms with van der Waals surface area (Å²) in [5, 5.41) is 2.43. The van der Waals surface area contributed by atoms with Crippen LogP contribution in [0.3, 0.4) is 0 Å². The molecule has 1 aromatic rings. The lowest BCUT2D eigenvalue weighted by Gasteiger charge is -2.35. The molecular weight excluding hydrogens is 322 g/mol. The number of hydrogen-bond acceptors (Lipinski definition) is 4. The van der Waals surface area contributed by atoms with Crippen LogP contribution >= 0.6 is 0 Å². The van der Waals surface area contributed by atoms with Gasteiger partial charge in [-0.1, -0.05) is 29.3 Å². The number of amides is 3. The van der Waals surface area contributed by atoms with Crippen LogP contribution in [-0.4, -0.2) is 60.5 Å². The molecule has 1 N–H and O–H groups in total. The van der Waals surface area contributed by atoms with Gasteiger partial charge in [-0.3, -0.25) is 9.59 Å². The highest BCUT2D eigenvalue weighted by atomic mass is 16.5. The Morgan fingerprint density at radius 3 is 2.40 bits per heavy atom. The first-order valence-corrected chi connectivity index (χ1v) is 8.28. The maximum Gasteiger partial charge on any atom is 0.407 e. The van der Waals surface area contributed by atoms with Crippen LogP contribution in [0, 0.1) is 13.8 Å². The zero-order chi connectivity index (χ0) is 18.6. The Balaban J connectivity index is 1.94. The summed E-state index contributed by atoms with van der Waals surface area (Å²) in [6.07, 6.45) is -0.666. The van der Waals surface area contributed by atoms with E-state index < -0.39 is 12.1 Å². The number of piperazine rings is 1. The predicted octanol–water partition coefficient (Wildman–Crippen LogP) is 1.22. The molecule has 0 spiro atoms. The maximum atomic E-state index is 12.4. The highest BCUT2D eigenvalue weighted by Gasteiger charge is 2.30. The van der Waals surface area contributed by atoms with Gasteiger partial charge in [-0.05, 0) is 26.3 Å². The first-order chi connectivity index (χ1) is 11.8. The first kappa shape index (κ1) is 18.8. The molecule has 7 heteroatoms. The van der Waals surface area contributed by atoms with Crippen molar-refractivity contribution in [3.8, 4) is 0 Å². The van der Waals surface area contributed by atoms with Crippen LogP contribution in [0.2, 0.25) is 0 Å². The van der Waals surface area contributed by atoms with Gasteiger partial charge in [0.05, 0.1) is 13.7 Å². The van der Waals surface area contributed by atoms with Crippen LogP contribution in [0.1, 0.15) is 23.6 Å². The quantitative estimate of drug-likeness (QED) is 0.888. The summed E-state index contributed by atoms with van der Waals surface area (Å²) in [5.41, 5.74) is 3.42. The molecule has 25 heavy (non-hydrogen) atoms. The Morgan fingerprint density at radius 2 is 1.84 bits per heavy atom. The highest BCUT2D eigenvalue weighted by Crippen LogP contribution is 2.14. The molecule has 1 saturated heterocycles. The standard InChI is InChI=1S/C18H25N3O4/c1-12-7-13(2)9-15(8-12)10-20-5-6-21(11-16(20)22)17(23)14(3)19-18(24)25-4/h7-9,14H,5-6,10-11H2,1-4H3,(H,19,24). The van der Waals surface area contributed by atoms with Gasteiger partial charge < -0.3 is 19.9 Å². The van der Waals surface area contributed by atoms with E-state index in [0.717, 1.165) is 5.56 Å². The number of ether oxygens (including phenoxy) is 1. The molecule has 136 valence electrons. The number of aryl methyl sites for hydroxylation is 2. The van der Waals surface area contributed by atoms with Crippen molar-refractivity contribution in [3.63, 3.8) is 0 Å². The Hall–Kier alpha value is -2.57. The minimum absolute atomic E-state index is 0.0246. The van der Waals surface area contributed by atoms with Crippen molar-refractivity contribution in [1.29, 1.82) is 0 Å². The van der Waals surface area contributed by atoms with Crippen molar-refractivity contribution in [3.05, 3.63) is 34.9 Å². The largest absolute Gasteiger partial charge is 0.453 e. The lowest BCUT2D eigenvalue weighted by Crippen LogP contribution is -2.56. The number of carbonyl (C=O) groups is 3. The number of rotatable bonds is 4. The van der Waals surface area contributed by atoms with E-state index >= 15 is 0 Å². The molecule has 1 heterocycles. The van der Waals surface area contributed by atoms with Gasteiger partial charge >= 0.3 is 6.09 Å². The molecule has 1 aliphatic heterocycles. The summed E-state index contributed by atoms with van der Waals surface area (Å²) >= 11 is 0. The average molecular weight is 347 g/mol. The summed E-state index contributed by atoms with van der Waals surface area (Å²) in [5.74, 6) is -0.381. The minimum atomic E-state index is -0.730. The third kappa shape index (κ3) is 4.95. The van der Waals surface area contributed by atoms with Crippen molar-refractivity contribution < 1.29 is 19.1 Å². The summed E-state index contributed by atoms with van der Waals surface area (Å²) in [7, 11) is 1.24. The SMILES string of the molecule is COC(=O)NC(C)C(=O)N1CCN(Cc2cc(C)cc(C)c2)C(=O)C1. The molecule has 1 fully saturated rings. The number of nitrogens with one attached hydrogen (secondary N) is 1. The topological polar surface area (TPSA) is 79.0 Å². The van der Waals surface area contributed by atoms with Crippen molar-refractivity contribution in [2.24, 2.45) is 0 Å². The van der Waals surface area contributed by atoms with E-state index in [1.165, 1.54) is 23.1 Å². The van der Waals surface area contributed by atoms with Gasteiger partial charge in [0.25, 0.3) is 0 Å². The second-order valence-electron chi connectivity index (χ2n) is 6.43. The van der Waals surface area contributed by atoms with Gasteiger partial charge in [-0.2, -0.15) is 0 Å². The number of methoxy groups -OCH3 is 1. The second-order valence-corrected chi connectivity index (χ2v) is 6.43. The molecule has 0 saturated carbocycles. The normalized spacial score (nSPS) is 15.8. The number of benzene rings is 1. The average Bonchev–Trinajstić information content (AvgIpc) is 2.54. The van der Waals surface area contributed by atoms with E-state index in [1.54, 1.807) is 11.8 Å². The lowest BCUT2D eigenvalue weighted by atomic mass is 10.1. The van der Waals surface area contributed by atoms with E-state index in [2.05, 4.69) is 28.3 Å². The third-order valence-corrected chi connectivity index (χ3v) is 4.18. The fourth-order valence-corrected chi connectivity index (χ4v) is 3.02. The molecule has 0 bridgehead atoms. The number of alkyl carbamates (subject to hydrolysis) is 1. The molecule has 1 atom stereocenters. The zero-order valence-electron chi connectivity index (χ0n) is 15.2. The number of hydrogen-bond donors (Lipinski definition) is 1. The monoisotopic (exact) mass is 347 g/mol. The minimum Gasteiger partial charge on any atom is -0.453 e. The first-order valence-electron chi connectivity index (χ1n) is 8.28. The van der Waals surface area contributed by atoms with Gasteiger partial charge in [0.15, 0.2) is 0 Å². The molecule has 1 aliphatic rings.